The molecule has 2 rings (SSSR count). The van der Waals surface area contributed by atoms with Crippen molar-refractivity contribution in [1.82, 2.24) is 5.32 Å². The molecule has 102 valence electrons. The van der Waals surface area contributed by atoms with E-state index < -0.39 is 0 Å². The van der Waals surface area contributed by atoms with Crippen LogP contribution in [0.5, 0.6) is 0 Å². The lowest BCUT2D eigenvalue weighted by Crippen LogP contribution is -2.23. The van der Waals surface area contributed by atoms with Gasteiger partial charge in [0.05, 0.1) is 6.04 Å². The minimum absolute atomic E-state index is 0.232. The summed E-state index contributed by atoms with van der Waals surface area (Å²) in [5.74, 6) is 0. The second-order valence-electron chi connectivity index (χ2n) is 4.59. The molecular weight excluding hydrogens is 386 g/mol. The molecule has 19 heavy (non-hydrogen) atoms. The van der Waals surface area contributed by atoms with E-state index in [1.54, 1.807) is 11.3 Å². The molecule has 0 amide bonds. The van der Waals surface area contributed by atoms with Crippen LogP contribution in [0.1, 0.15) is 36.1 Å². The van der Waals surface area contributed by atoms with Gasteiger partial charge in [-0.15, -0.1) is 0 Å². The summed E-state index contributed by atoms with van der Waals surface area (Å²) in [6.45, 7) is 5.31. The van der Waals surface area contributed by atoms with Gasteiger partial charge in [0.2, 0.25) is 0 Å². The standard InChI is InChI=1S/C15H17Br2NS/c1-3-6-18-15(12-8-19-9-14(12)17)11-5-4-10(2)7-13(11)16/h4-5,7-9,15,18H,3,6H2,1-2H3. The van der Waals surface area contributed by atoms with Gasteiger partial charge in [0.25, 0.3) is 0 Å². The summed E-state index contributed by atoms with van der Waals surface area (Å²) in [4.78, 5) is 0. The van der Waals surface area contributed by atoms with Crippen LogP contribution in [0.25, 0.3) is 0 Å². The van der Waals surface area contributed by atoms with Crippen LogP contribution in [0.4, 0.5) is 0 Å². The van der Waals surface area contributed by atoms with Gasteiger partial charge in [-0.3, -0.25) is 0 Å². The number of rotatable bonds is 5. The summed E-state index contributed by atoms with van der Waals surface area (Å²) < 4.78 is 2.35. The highest BCUT2D eigenvalue weighted by Gasteiger charge is 2.19. The zero-order chi connectivity index (χ0) is 13.8. The van der Waals surface area contributed by atoms with Gasteiger partial charge in [-0.2, -0.15) is 11.3 Å². The molecule has 1 aromatic heterocycles. The number of nitrogens with one attached hydrogen (secondary N) is 1. The average molecular weight is 403 g/mol. The first-order valence-electron chi connectivity index (χ1n) is 6.34. The maximum Gasteiger partial charge on any atom is 0.0607 e. The van der Waals surface area contributed by atoms with Gasteiger partial charge in [-0.25, -0.2) is 0 Å². The highest BCUT2D eigenvalue weighted by Crippen LogP contribution is 2.35. The van der Waals surface area contributed by atoms with E-state index in [2.05, 4.69) is 80.0 Å². The van der Waals surface area contributed by atoms with Gasteiger partial charge in [-0.05, 0) is 64.0 Å². The average Bonchev–Trinajstić information content (AvgIpc) is 2.78. The molecular formula is C15H17Br2NS. The van der Waals surface area contributed by atoms with E-state index in [9.17, 15) is 0 Å². The molecule has 0 radical (unpaired) electrons. The van der Waals surface area contributed by atoms with Crippen LogP contribution >= 0.6 is 43.2 Å². The van der Waals surface area contributed by atoms with E-state index in [1.807, 2.05) is 0 Å². The van der Waals surface area contributed by atoms with Gasteiger partial charge in [-0.1, -0.05) is 35.0 Å². The lowest BCUT2D eigenvalue weighted by atomic mass is 10.00. The normalized spacial score (nSPS) is 12.6. The second-order valence-corrected chi connectivity index (χ2v) is 7.04. The number of aryl methyl sites for hydroxylation is 1. The van der Waals surface area contributed by atoms with E-state index in [1.165, 1.54) is 25.6 Å². The third-order valence-electron chi connectivity index (χ3n) is 3.02. The number of halogens is 2. The van der Waals surface area contributed by atoms with Crippen LogP contribution in [0.2, 0.25) is 0 Å². The van der Waals surface area contributed by atoms with E-state index in [0.29, 0.717) is 0 Å². The Kier molecular flexibility index (Phi) is 5.63. The lowest BCUT2D eigenvalue weighted by Gasteiger charge is -2.20. The van der Waals surface area contributed by atoms with Crippen molar-refractivity contribution in [3.05, 3.63) is 54.6 Å². The van der Waals surface area contributed by atoms with Gasteiger partial charge < -0.3 is 5.32 Å². The van der Waals surface area contributed by atoms with Gasteiger partial charge in [0.1, 0.15) is 0 Å². The van der Waals surface area contributed by atoms with Crippen molar-refractivity contribution < 1.29 is 0 Å². The molecule has 1 heterocycles. The predicted molar refractivity (Wildman–Crippen MR) is 91.0 cm³/mol. The van der Waals surface area contributed by atoms with E-state index in [4.69, 9.17) is 0 Å². The summed E-state index contributed by atoms with van der Waals surface area (Å²) in [7, 11) is 0. The van der Waals surface area contributed by atoms with Crippen molar-refractivity contribution in [2.75, 3.05) is 6.54 Å². The molecule has 1 nitrogen and oxygen atoms in total. The van der Waals surface area contributed by atoms with E-state index in [0.717, 1.165) is 13.0 Å². The first-order chi connectivity index (χ1) is 9.13. The smallest absolute Gasteiger partial charge is 0.0607 e. The first kappa shape index (κ1) is 15.2. The number of benzene rings is 1. The topological polar surface area (TPSA) is 12.0 Å². The van der Waals surface area contributed by atoms with Crippen LogP contribution in [0.3, 0.4) is 0 Å². The zero-order valence-electron chi connectivity index (χ0n) is 11.0. The van der Waals surface area contributed by atoms with Crippen molar-refractivity contribution in [2.45, 2.75) is 26.3 Å². The Morgan fingerprint density at radius 2 is 1.95 bits per heavy atom. The molecule has 2 aromatic rings. The monoisotopic (exact) mass is 401 g/mol. The Hall–Kier alpha value is -0.160. The summed E-state index contributed by atoms with van der Waals surface area (Å²) in [6.07, 6.45) is 1.13. The van der Waals surface area contributed by atoms with Crippen LogP contribution in [-0.2, 0) is 0 Å². The molecule has 1 unspecified atom stereocenters. The Morgan fingerprint density at radius 1 is 1.16 bits per heavy atom. The maximum atomic E-state index is 3.70. The quantitative estimate of drug-likeness (QED) is 0.679. The molecule has 0 aliphatic carbocycles. The minimum Gasteiger partial charge on any atom is -0.306 e. The summed E-state index contributed by atoms with van der Waals surface area (Å²) >= 11 is 9.08. The Bertz CT molecular complexity index is 551. The molecule has 1 aromatic carbocycles. The fraction of sp³-hybridized carbons (Fsp3) is 0.333. The van der Waals surface area contributed by atoms with E-state index >= 15 is 0 Å². The Morgan fingerprint density at radius 3 is 2.53 bits per heavy atom. The highest BCUT2D eigenvalue weighted by atomic mass is 79.9. The molecule has 0 bridgehead atoms. The lowest BCUT2D eigenvalue weighted by molar-refractivity contribution is 0.596. The summed E-state index contributed by atoms with van der Waals surface area (Å²) in [5, 5.41) is 7.98. The molecule has 0 fully saturated rings. The van der Waals surface area contributed by atoms with Crippen molar-refractivity contribution in [2.24, 2.45) is 0 Å². The largest absolute Gasteiger partial charge is 0.306 e. The highest BCUT2D eigenvalue weighted by molar-refractivity contribution is 9.10. The van der Waals surface area contributed by atoms with Crippen molar-refractivity contribution in [3.63, 3.8) is 0 Å². The maximum absolute atomic E-state index is 3.70. The number of hydrogen-bond acceptors (Lipinski definition) is 2. The molecule has 0 saturated heterocycles. The van der Waals surface area contributed by atoms with Gasteiger partial charge in [0, 0.05) is 14.3 Å². The van der Waals surface area contributed by atoms with Crippen molar-refractivity contribution in [1.29, 1.82) is 0 Å². The SMILES string of the molecule is CCCNC(c1ccc(C)cc1Br)c1cscc1Br. The molecule has 0 spiro atoms. The van der Waals surface area contributed by atoms with Crippen LogP contribution in [0, 0.1) is 6.92 Å². The second kappa shape index (κ2) is 7.02. The molecule has 1 atom stereocenters. The summed E-state index contributed by atoms with van der Waals surface area (Å²) in [6, 6.07) is 6.78. The van der Waals surface area contributed by atoms with Crippen molar-refractivity contribution in [3.8, 4) is 0 Å². The summed E-state index contributed by atoms with van der Waals surface area (Å²) in [5.41, 5.74) is 3.87. The third-order valence-corrected chi connectivity index (χ3v) is 5.46. The molecule has 4 heteroatoms. The molecule has 1 N–H and O–H groups in total. The van der Waals surface area contributed by atoms with E-state index in [-0.39, 0.29) is 6.04 Å². The zero-order valence-corrected chi connectivity index (χ0v) is 15.0. The fourth-order valence-electron chi connectivity index (χ4n) is 2.04. The molecule has 0 saturated carbocycles. The number of hydrogen-bond donors (Lipinski definition) is 1. The van der Waals surface area contributed by atoms with Gasteiger partial charge >= 0.3 is 0 Å². The molecule has 0 aliphatic heterocycles. The fourth-order valence-corrected chi connectivity index (χ4v) is 4.31. The van der Waals surface area contributed by atoms with Crippen LogP contribution in [-0.4, -0.2) is 6.54 Å². The predicted octanol–water partition coefficient (Wildman–Crippen LogP) is 5.67. The number of thiophene rings is 1. The Labute approximate surface area is 135 Å². The first-order valence-corrected chi connectivity index (χ1v) is 8.87. The Balaban J connectivity index is 2.40. The third kappa shape index (κ3) is 3.69. The van der Waals surface area contributed by atoms with Gasteiger partial charge in [0.15, 0.2) is 0 Å². The van der Waals surface area contributed by atoms with Crippen LogP contribution < -0.4 is 5.32 Å². The van der Waals surface area contributed by atoms with Crippen LogP contribution in [0.15, 0.2) is 37.9 Å². The molecule has 0 aliphatic rings. The van der Waals surface area contributed by atoms with Crippen molar-refractivity contribution >= 4 is 43.2 Å². The minimum atomic E-state index is 0.232.